The summed E-state index contributed by atoms with van der Waals surface area (Å²) in [6, 6.07) is 22.6. The van der Waals surface area contributed by atoms with Gasteiger partial charge in [0.25, 0.3) is 5.91 Å². The number of aryl methyl sites for hydroxylation is 2. The Balaban J connectivity index is 1.52. The Morgan fingerprint density at radius 1 is 1.03 bits per heavy atom. The number of nitrogens with zero attached hydrogens (tertiary/aromatic N) is 2. The SMILES string of the molecule is Cc1ccc(C(=O)N[C@@H](C)c2nc3ccccc3n2C[C@@H](O)COc2cccc(C)c2)cc1. The molecule has 0 aliphatic carbocycles. The molecule has 0 spiro atoms. The number of hydrogen-bond acceptors (Lipinski definition) is 4. The second-order valence-electron chi connectivity index (χ2n) is 8.41. The molecule has 0 saturated heterocycles. The summed E-state index contributed by atoms with van der Waals surface area (Å²) in [7, 11) is 0. The highest BCUT2D eigenvalue weighted by molar-refractivity contribution is 5.94. The maximum Gasteiger partial charge on any atom is 0.251 e. The molecule has 0 aliphatic heterocycles. The van der Waals surface area contributed by atoms with Crippen LogP contribution in [0.3, 0.4) is 0 Å². The Bertz CT molecular complexity index is 1250. The Kier molecular flexibility index (Phi) is 6.75. The van der Waals surface area contributed by atoms with E-state index in [2.05, 4.69) is 5.32 Å². The first-order valence-corrected chi connectivity index (χ1v) is 11.1. The third kappa shape index (κ3) is 5.41. The highest BCUT2D eigenvalue weighted by Gasteiger charge is 2.21. The predicted molar refractivity (Wildman–Crippen MR) is 129 cm³/mol. The van der Waals surface area contributed by atoms with Crippen LogP contribution in [0.4, 0.5) is 0 Å². The zero-order valence-electron chi connectivity index (χ0n) is 19.2. The maximum atomic E-state index is 12.8. The standard InChI is InChI=1S/C27H29N3O3/c1-18-11-13-21(14-12-18)27(32)28-20(3)26-29-24-9-4-5-10-25(24)30(26)16-22(31)17-33-23-8-6-7-19(2)15-23/h4-15,20,22,31H,16-17H2,1-3H3,(H,28,32)/t20-,22+/m0/s1. The van der Waals surface area contributed by atoms with Crippen molar-refractivity contribution in [1.29, 1.82) is 0 Å². The van der Waals surface area contributed by atoms with Gasteiger partial charge in [-0.05, 0) is 62.7 Å². The van der Waals surface area contributed by atoms with E-state index in [0.29, 0.717) is 17.9 Å². The van der Waals surface area contributed by atoms with Gasteiger partial charge in [-0.25, -0.2) is 4.98 Å². The zero-order chi connectivity index (χ0) is 23.4. The second kappa shape index (κ2) is 9.88. The Hall–Kier alpha value is -3.64. The number of hydrogen-bond donors (Lipinski definition) is 2. The van der Waals surface area contributed by atoms with Crippen LogP contribution < -0.4 is 10.1 Å². The van der Waals surface area contributed by atoms with Crippen molar-refractivity contribution in [3.05, 3.63) is 95.3 Å². The van der Waals surface area contributed by atoms with Crippen molar-refractivity contribution >= 4 is 16.9 Å². The summed E-state index contributed by atoms with van der Waals surface area (Å²) < 4.78 is 7.75. The fourth-order valence-electron chi connectivity index (χ4n) is 3.83. The van der Waals surface area contributed by atoms with E-state index in [1.54, 1.807) is 0 Å². The molecule has 1 heterocycles. The molecule has 1 amide bonds. The van der Waals surface area contributed by atoms with Gasteiger partial charge in [-0.2, -0.15) is 0 Å². The van der Waals surface area contributed by atoms with Gasteiger partial charge in [-0.1, -0.05) is 42.0 Å². The Labute approximate surface area is 193 Å². The molecule has 4 aromatic rings. The Morgan fingerprint density at radius 3 is 2.55 bits per heavy atom. The van der Waals surface area contributed by atoms with Gasteiger partial charge < -0.3 is 19.7 Å². The summed E-state index contributed by atoms with van der Waals surface area (Å²) in [5, 5.41) is 13.8. The normalized spacial score (nSPS) is 13.0. The number of nitrogens with one attached hydrogen (secondary N) is 1. The molecule has 0 aliphatic rings. The summed E-state index contributed by atoms with van der Waals surface area (Å²) in [4.78, 5) is 17.5. The topological polar surface area (TPSA) is 76.4 Å². The lowest BCUT2D eigenvalue weighted by atomic mass is 10.1. The molecule has 3 aromatic carbocycles. The van der Waals surface area contributed by atoms with E-state index in [-0.39, 0.29) is 18.6 Å². The Morgan fingerprint density at radius 2 is 1.79 bits per heavy atom. The number of fused-ring (bicyclic) bond motifs is 1. The number of carbonyl (C=O) groups excluding carboxylic acids is 1. The summed E-state index contributed by atoms with van der Waals surface area (Å²) in [5.74, 6) is 1.25. The van der Waals surface area contributed by atoms with Gasteiger partial charge >= 0.3 is 0 Å². The fourth-order valence-corrected chi connectivity index (χ4v) is 3.83. The molecule has 6 heteroatoms. The van der Waals surface area contributed by atoms with Gasteiger partial charge in [0.05, 0.1) is 23.6 Å². The third-order valence-corrected chi connectivity index (χ3v) is 5.56. The van der Waals surface area contributed by atoms with E-state index in [9.17, 15) is 9.90 Å². The summed E-state index contributed by atoms with van der Waals surface area (Å²) in [6.07, 6.45) is -0.748. The van der Waals surface area contributed by atoms with Crippen molar-refractivity contribution in [3.63, 3.8) is 0 Å². The van der Waals surface area contributed by atoms with Gasteiger partial charge in [-0.3, -0.25) is 4.79 Å². The molecular formula is C27H29N3O3. The van der Waals surface area contributed by atoms with Crippen molar-refractivity contribution in [3.8, 4) is 5.75 Å². The van der Waals surface area contributed by atoms with Gasteiger partial charge in [0, 0.05) is 5.56 Å². The van der Waals surface area contributed by atoms with Crippen LogP contribution >= 0.6 is 0 Å². The first kappa shape index (κ1) is 22.6. The zero-order valence-corrected chi connectivity index (χ0v) is 19.2. The first-order valence-electron chi connectivity index (χ1n) is 11.1. The molecule has 0 saturated carbocycles. The lowest BCUT2D eigenvalue weighted by Crippen LogP contribution is -2.31. The van der Waals surface area contributed by atoms with Crippen molar-refractivity contribution in [2.24, 2.45) is 0 Å². The lowest BCUT2D eigenvalue weighted by molar-refractivity contribution is 0.0906. The van der Waals surface area contributed by atoms with Gasteiger partial charge in [-0.15, -0.1) is 0 Å². The molecule has 1 aromatic heterocycles. The largest absolute Gasteiger partial charge is 0.491 e. The molecule has 0 bridgehead atoms. The van der Waals surface area contributed by atoms with E-state index < -0.39 is 6.10 Å². The summed E-state index contributed by atoms with van der Waals surface area (Å²) in [6.45, 7) is 6.34. The predicted octanol–water partition coefficient (Wildman–Crippen LogP) is 4.58. The van der Waals surface area contributed by atoms with Crippen molar-refractivity contribution < 1.29 is 14.6 Å². The van der Waals surface area contributed by atoms with Crippen LogP contribution in [0.15, 0.2) is 72.8 Å². The van der Waals surface area contributed by atoms with Crippen LogP contribution in [-0.2, 0) is 6.54 Å². The average molecular weight is 444 g/mol. The minimum absolute atomic E-state index is 0.152. The monoisotopic (exact) mass is 443 g/mol. The van der Waals surface area contributed by atoms with Crippen LogP contribution in [0.1, 0.15) is 40.3 Å². The van der Waals surface area contributed by atoms with Gasteiger partial charge in [0.1, 0.15) is 24.3 Å². The van der Waals surface area contributed by atoms with E-state index in [4.69, 9.17) is 9.72 Å². The quantitative estimate of drug-likeness (QED) is 0.418. The number of para-hydroxylation sites is 2. The number of aromatic nitrogens is 2. The lowest BCUT2D eigenvalue weighted by Gasteiger charge is -2.19. The number of aliphatic hydroxyl groups excluding tert-OH is 1. The van der Waals surface area contributed by atoms with Crippen LogP contribution in [0, 0.1) is 13.8 Å². The molecule has 170 valence electrons. The van der Waals surface area contributed by atoms with Crippen LogP contribution in [0.2, 0.25) is 0 Å². The smallest absolute Gasteiger partial charge is 0.251 e. The number of rotatable bonds is 8. The van der Waals surface area contributed by atoms with Crippen molar-refractivity contribution in [2.45, 2.75) is 39.5 Å². The molecule has 4 rings (SSSR count). The number of ether oxygens (including phenoxy) is 1. The summed E-state index contributed by atoms with van der Waals surface area (Å²) >= 11 is 0. The highest BCUT2D eigenvalue weighted by atomic mass is 16.5. The molecule has 0 unspecified atom stereocenters. The number of benzene rings is 3. The molecule has 0 radical (unpaired) electrons. The van der Waals surface area contributed by atoms with E-state index >= 15 is 0 Å². The van der Waals surface area contributed by atoms with E-state index in [1.807, 2.05) is 98.1 Å². The molecule has 33 heavy (non-hydrogen) atoms. The highest BCUT2D eigenvalue weighted by Crippen LogP contribution is 2.22. The molecule has 2 atom stereocenters. The van der Waals surface area contributed by atoms with Crippen LogP contribution in [0.5, 0.6) is 5.75 Å². The number of carbonyl (C=O) groups is 1. The minimum Gasteiger partial charge on any atom is -0.491 e. The van der Waals surface area contributed by atoms with Crippen LogP contribution in [-0.4, -0.2) is 33.3 Å². The van der Waals surface area contributed by atoms with Gasteiger partial charge in [0.15, 0.2) is 0 Å². The molecular weight excluding hydrogens is 414 g/mol. The number of aliphatic hydroxyl groups is 1. The van der Waals surface area contributed by atoms with E-state index in [1.165, 1.54) is 0 Å². The number of imidazole rings is 1. The first-order chi connectivity index (χ1) is 15.9. The third-order valence-electron chi connectivity index (χ3n) is 5.56. The molecule has 6 nitrogen and oxygen atoms in total. The molecule has 2 N–H and O–H groups in total. The van der Waals surface area contributed by atoms with Crippen molar-refractivity contribution in [2.75, 3.05) is 6.61 Å². The van der Waals surface area contributed by atoms with Gasteiger partial charge in [0.2, 0.25) is 0 Å². The second-order valence-corrected chi connectivity index (χ2v) is 8.41. The van der Waals surface area contributed by atoms with Crippen LogP contribution in [0.25, 0.3) is 11.0 Å². The van der Waals surface area contributed by atoms with Crippen molar-refractivity contribution in [1.82, 2.24) is 14.9 Å². The maximum absolute atomic E-state index is 12.8. The average Bonchev–Trinajstić information content (AvgIpc) is 3.17. The minimum atomic E-state index is -0.748. The summed E-state index contributed by atoms with van der Waals surface area (Å²) in [5.41, 5.74) is 4.52. The fraction of sp³-hybridized carbons (Fsp3) is 0.259. The van der Waals surface area contributed by atoms with E-state index in [0.717, 1.165) is 27.9 Å². The molecule has 0 fully saturated rings. The number of amides is 1.